The molecule has 0 bridgehead atoms. The highest BCUT2D eigenvalue weighted by Gasteiger charge is 2.21. The van der Waals surface area contributed by atoms with E-state index in [9.17, 15) is 0 Å². The highest BCUT2D eigenvalue weighted by atomic mass is 15.4. The second-order valence-corrected chi connectivity index (χ2v) is 6.50. The first-order chi connectivity index (χ1) is 12.9. The number of hydrogen-bond acceptors (Lipinski definition) is 4. The fraction of sp³-hybridized carbons (Fsp3) is 0.200. The molecule has 6 nitrogen and oxygen atoms in total. The quantitative estimate of drug-likeness (QED) is 0.572. The Kier molecular flexibility index (Phi) is 3.59. The first-order valence-electron chi connectivity index (χ1n) is 8.85. The van der Waals surface area contributed by atoms with E-state index in [-0.39, 0.29) is 0 Å². The Morgan fingerprint density at radius 1 is 0.885 bits per heavy atom. The average molecular weight is 342 g/mol. The Labute approximate surface area is 151 Å². The fourth-order valence-corrected chi connectivity index (χ4v) is 3.53. The maximum absolute atomic E-state index is 4.43. The summed E-state index contributed by atoms with van der Waals surface area (Å²) in [4.78, 5) is 0. The van der Waals surface area contributed by atoms with Crippen molar-refractivity contribution in [1.82, 2.24) is 30.0 Å². The summed E-state index contributed by atoms with van der Waals surface area (Å²) in [5, 5.41) is 17.3. The molecule has 0 saturated heterocycles. The summed E-state index contributed by atoms with van der Waals surface area (Å²) in [6, 6.07) is 18.6. The number of fused-ring (bicyclic) bond motifs is 3. The van der Waals surface area contributed by atoms with Gasteiger partial charge in [0.2, 0.25) is 0 Å². The molecule has 2 aromatic carbocycles. The lowest BCUT2D eigenvalue weighted by molar-refractivity contribution is 0.580. The summed E-state index contributed by atoms with van der Waals surface area (Å²) in [7, 11) is 0. The molecule has 0 aliphatic carbocycles. The Morgan fingerprint density at radius 2 is 1.73 bits per heavy atom. The third kappa shape index (κ3) is 2.60. The van der Waals surface area contributed by atoms with Crippen molar-refractivity contribution < 1.29 is 0 Å². The molecule has 4 aromatic rings. The van der Waals surface area contributed by atoms with Crippen LogP contribution in [-0.2, 0) is 25.9 Å². The van der Waals surface area contributed by atoms with E-state index in [2.05, 4.69) is 44.9 Å². The molecule has 0 N–H and O–H groups in total. The minimum Gasteiger partial charge on any atom is -0.252 e. The van der Waals surface area contributed by atoms with E-state index in [1.165, 1.54) is 11.1 Å². The van der Waals surface area contributed by atoms with Crippen molar-refractivity contribution in [3.63, 3.8) is 0 Å². The van der Waals surface area contributed by atoms with Gasteiger partial charge in [-0.05, 0) is 12.0 Å². The number of aromatic nitrogens is 6. The minimum atomic E-state index is 0.730. The predicted molar refractivity (Wildman–Crippen MR) is 98.3 cm³/mol. The molecule has 6 heteroatoms. The molecule has 2 aromatic heterocycles. The summed E-state index contributed by atoms with van der Waals surface area (Å²) >= 11 is 0. The molecule has 0 fully saturated rings. The van der Waals surface area contributed by atoms with Gasteiger partial charge >= 0.3 is 0 Å². The van der Waals surface area contributed by atoms with Gasteiger partial charge < -0.3 is 0 Å². The van der Waals surface area contributed by atoms with E-state index in [1.54, 1.807) is 0 Å². The largest absolute Gasteiger partial charge is 0.252 e. The molecule has 0 amide bonds. The van der Waals surface area contributed by atoms with Crippen LogP contribution in [0.2, 0.25) is 0 Å². The molecule has 3 heterocycles. The third-order valence-corrected chi connectivity index (χ3v) is 4.86. The van der Waals surface area contributed by atoms with E-state index in [4.69, 9.17) is 0 Å². The van der Waals surface area contributed by atoms with Gasteiger partial charge in [-0.3, -0.25) is 4.68 Å². The molecule has 0 saturated carbocycles. The van der Waals surface area contributed by atoms with Crippen LogP contribution >= 0.6 is 0 Å². The molecule has 128 valence electrons. The smallest absolute Gasteiger partial charge is 0.113 e. The Bertz CT molecular complexity index is 1050. The van der Waals surface area contributed by atoms with Crippen LogP contribution in [0.3, 0.4) is 0 Å². The van der Waals surface area contributed by atoms with Gasteiger partial charge in [-0.25, -0.2) is 4.68 Å². The monoisotopic (exact) mass is 342 g/mol. The molecule has 0 atom stereocenters. The molecule has 0 unspecified atom stereocenters. The van der Waals surface area contributed by atoms with Crippen molar-refractivity contribution in [2.75, 3.05) is 0 Å². The van der Waals surface area contributed by atoms with Crippen LogP contribution in [-0.4, -0.2) is 30.0 Å². The molecular formula is C20H18N6. The first-order valence-corrected chi connectivity index (χ1v) is 8.85. The van der Waals surface area contributed by atoms with Crippen molar-refractivity contribution in [2.45, 2.75) is 25.9 Å². The average Bonchev–Trinajstić information content (AvgIpc) is 3.34. The highest BCUT2D eigenvalue weighted by molar-refractivity contribution is 5.67. The van der Waals surface area contributed by atoms with Crippen molar-refractivity contribution >= 4 is 0 Å². The topological polar surface area (TPSA) is 61.4 Å². The molecule has 0 spiro atoms. The molecular weight excluding hydrogens is 324 g/mol. The van der Waals surface area contributed by atoms with Gasteiger partial charge in [0.1, 0.15) is 5.69 Å². The van der Waals surface area contributed by atoms with Gasteiger partial charge in [0, 0.05) is 30.6 Å². The first kappa shape index (κ1) is 15.0. The van der Waals surface area contributed by atoms with Crippen molar-refractivity contribution in [1.29, 1.82) is 0 Å². The van der Waals surface area contributed by atoms with Crippen molar-refractivity contribution in [3.05, 3.63) is 72.1 Å². The number of benzene rings is 2. The minimum absolute atomic E-state index is 0.730. The van der Waals surface area contributed by atoms with E-state index in [0.29, 0.717) is 0 Å². The molecule has 5 rings (SSSR count). The van der Waals surface area contributed by atoms with Gasteiger partial charge in [0.05, 0.1) is 17.6 Å². The lowest BCUT2D eigenvalue weighted by Gasteiger charge is -2.17. The summed E-state index contributed by atoms with van der Waals surface area (Å²) in [5.74, 6) is 0. The van der Waals surface area contributed by atoms with Crippen LogP contribution < -0.4 is 0 Å². The summed E-state index contributed by atoms with van der Waals surface area (Å²) in [5.41, 5.74) is 6.76. The maximum Gasteiger partial charge on any atom is 0.113 e. The maximum atomic E-state index is 4.43. The van der Waals surface area contributed by atoms with E-state index >= 15 is 0 Å². The molecule has 1 aliphatic heterocycles. The lowest BCUT2D eigenvalue weighted by Crippen LogP contribution is -2.13. The number of rotatable bonds is 4. The summed E-state index contributed by atoms with van der Waals surface area (Å²) < 4.78 is 3.90. The molecule has 1 aliphatic rings. The Balaban J connectivity index is 1.38. The van der Waals surface area contributed by atoms with Gasteiger partial charge in [-0.1, -0.05) is 65.0 Å². The normalized spacial score (nSPS) is 12.6. The SMILES string of the molecule is c1ccc(-c2cn(CCc3nnn4c3-c3ccccc3CC4)nn2)cc1. The van der Waals surface area contributed by atoms with Crippen LogP contribution in [0.25, 0.3) is 22.5 Å². The van der Waals surface area contributed by atoms with Crippen molar-refractivity contribution in [3.8, 4) is 22.5 Å². The van der Waals surface area contributed by atoms with Crippen molar-refractivity contribution in [2.24, 2.45) is 0 Å². The van der Waals surface area contributed by atoms with E-state index in [1.807, 2.05) is 45.9 Å². The number of hydrogen-bond donors (Lipinski definition) is 0. The molecule has 26 heavy (non-hydrogen) atoms. The Hall–Kier alpha value is -3.28. The van der Waals surface area contributed by atoms with Crippen LogP contribution in [0.4, 0.5) is 0 Å². The second-order valence-electron chi connectivity index (χ2n) is 6.50. The zero-order valence-corrected chi connectivity index (χ0v) is 14.3. The van der Waals surface area contributed by atoms with E-state index < -0.39 is 0 Å². The van der Waals surface area contributed by atoms with Gasteiger partial charge in [-0.2, -0.15) is 0 Å². The third-order valence-electron chi connectivity index (χ3n) is 4.86. The lowest BCUT2D eigenvalue weighted by atomic mass is 9.97. The Morgan fingerprint density at radius 3 is 2.65 bits per heavy atom. The number of nitrogens with zero attached hydrogens (tertiary/aromatic N) is 6. The summed E-state index contributed by atoms with van der Waals surface area (Å²) in [6.07, 6.45) is 3.77. The zero-order valence-electron chi connectivity index (χ0n) is 14.3. The van der Waals surface area contributed by atoms with Crippen LogP contribution in [0.15, 0.2) is 60.8 Å². The van der Waals surface area contributed by atoms with Crippen LogP contribution in [0.1, 0.15) is 11.3 Å². The number of aryl methyl sites for hydroxylation is 4. The summed E-state index contributed by atoms with van der Waals surface area (Å²) in [6.45, 7) is 1.62. The van der Waals surface area contributed by atoms with Crippen LogP contribution in [0, 0.1) is 0 Å². The van der Waals surface area contributed by atoms with Crippen LogP contribution in [0.5, 0.6) is 0 Å². The van der Waals surface area contributed by atoms with E-state index in [0.717, 1.165) is 48.6 Å². The standard InChI is InChI=1S/C20H18N6/c1-2-7-16(8-3-1)19-14-25(23-22-19)12-11-18-20-17-9-5-4-6-15(17)10-13-26(20)24-21-18/h1-9,14H,10-13H2. The molecule has 0 radical (unpaired) electrons. The zero-order chi connectivity index (χ0) is 17.3. The van der Waals surface area contributed by atoms with Gasteiger partial charge in [0.15, 0.2) is 0 Å². The second kappa shape index (κ2) is 6.22. The van der Waals surface area contributed by atoms with Gasteiger partial charge in [0.25, 0.3) is 0 Å². The highest BCUT2D eigenvalue weighted by Crippen LogP contribution is 2.30. The predicted octanol–water partition coefficient (Wildman–Crippen LogP) is 3.00. The fourth-order valence-electron chi connectivity index (χ4n) is 3.53. The van der Waals surface area contributed by atoms with Gasteiger partial charge in [-0.15, -0.1) is 10.2 Å².